The fraction of sp³-hybridized carbons (Fsp3) is 0.476. The minimum absolute atomic E-state index is 0.0474. The van der Waals surface area contributed by atoms with Gasteiger partial charge in [0.1, 0.15) is 6.10 Å². The summed E-state index contributed by atoms with van der Waals surface area (Å²) in [7, 11) is -2.87. The molecule has 0 N–H and O–H groups in total. The standard InChI is InChI=1S/C21H25NO3S/c1-2-15-6-7-16-4-3-5-20-18(19(16)14-15)8-9-21(22-20)25-17-10-12-26(23,24)13-11-17/h6-9,14,17H,2-5,10-13H2,1H3. The molecule has 1 aliphatic heterocycles. The third kappa shape index (κ3) is 3.63. The maximum absolute atomic E-state index is 11.6. The predicted molar refractivity (Wildman–Crippen MR) is 103 cm³/mol. The summed E-state index contributed by atoms with van der Waals surface area (Å²) in [5.41, 5.74) is 6.36. The van der Waals surface area contributed by atoms with E-state index < -0.39 is 9.84 Å². The van der Waals surface area contributed by atoms with Gasteiger partial charge in [-0.15, -0.1) is 0 Å². The number of hydrogen-bond donors (Lipinski definition) is 0. The molecule has 138 valence electrons. The average Bonchev–Trinajstić information content (AvgIpc) is 2.81. The zero-order valence-electron chi connectivity index (χ0n) is 15.2. The van der Waals surface area contributed by atoms with Crippen LogP contribution in [0.4, 0.5) is 0 Å². The van der Waals surface area contributed by atoms with E-state index in [-0.39, 0.29) is 17.6 Å². The Morgan fingerprint density at radius 2 is 1.88 bits per heavy atom. The third-order valence-corrected chi connectivity index (χ3v) is 7.19. The van der Waals surface area contributed by atoms with E-state index in [1.807, 2.05) is 6.07 Å². The first kappa shape index (κ1) is 17.5. The van der Waals surface area contributed by atoms with E-state index in [9.17, 15) is 8.42 Å². The van der Waals surface area contributed by atoms with Crippen molar-refractivity contribution in [3.05, 3.63) is 47.2 Å². The van der Waals surface area contributed by atoms with Crippen LogP contribution < -0.4 is 4.74 Å². The van der Waals surface area contributed by atoms with Crippen molar-refractivity contribution in [3.63, 3.8) is 0 Å². The third-order valence-electron chi connectivity index (χ3n) is 5.47. The molecule has 1 aromatic carbocycles. The predicted octanol–water partition coefficient (Wildman–Crippen LogP) is 3.76. The second-order valence-electron chi connectivity index (χ2n) is 7.31. The lowest BCUT2D eigenvalue weighted by molar-refractivity contribution is 0.181. The largest absolute Gasteiger partial charge is 0.474 e. The number of benzene rings is 1. The Labute approximate surface area is 155 Å². The van der Waals surface area contributed by atoms with Gasteiger partial charge in [0.2, 0.25) is 5.88 Å². The second-order valence-corrected chi connectivity index (χ2v) is 9.62. The number of aromatic nitrogens is 1. The fourth-order valence-corrected chi connectivity index (χ4v) is 5.35. The number of aryl methyl sites for hydroxylation is 3. The van der Waals surface area contributed by atoms with Crippen molar-refractivity contribution in [2.24, 2.45) is 0 Å². The first-order valence-corrected chi connectivity index (χ1v) is 11.4. The highest BCUT2D eigenvalue weighted by Gasteiger charge is 2.25. The lowest BCUT2D eigenvalue weighted by Crippen LogP contribution is -2.30. The maximum atomic E-state index is 11.6. The molecule has 0 atom stereocenters. The number of hydrogen-bond acceptors (Lipinski definition) is 4. The summed E-state index contributed by atoms with van der Waals surface area (Å²) in [5.74, 6) is 1.06. The van der Waals surface area contributed by atoms with E-state index in [1.54, 1.807) is 0 Å². The molecule has 0 spiro atoms. The number of ether oxygens (including phenoxy) is 1. The topological polar surface area (TPSA) is 56.3 Å². The Balaban J connectivity index is 1.60. The molecule has 4 rings (SSSR count). The van der Waals surface area contributed by atoms with Crippen molar-refractivity contribution < 1.29 is 13.2 Å². The summed E-state index contributed by atoms with van der Waals surface area (Å²) in [6.07, 6.45) is 5.21. The van der Waals surface area contributed by atoms with Crippen LogP contribution in [0, 0.1) is 0 Å². The van der Waals surface area contributed by atoms with Gasteiger partial charge in [0, 0.05) is 11.6 Å². The molecule has 26 heavy (non-hydrogen) atoms. The van der Waals surface area contributed by atoms with Gasteiger partial charge >= 0.3 is 0 Å². The van der Waals surface area contributed by atoms with Crippen LogP contribution in [0.3, 0.4) is 0 Å². The minimum atomic E-state index is -2.87. The van der Waals surface area contributed by atoms with Gasteiger partial charge in [-0.1, -0.05) is 25.1 Å². The highest BCUT2D eigenvalue weighted by molar-refractivity contribution is 7.91. The van der Waals surface area contributed by atoms with Gasteiger partial charge in [0.15, 0.2) is 9.84 Å². The molecule has 5 heteroatoms. The Hall–Kier alpha value is -1.88. The Morgan fingerprint density at radius 1 is 1.08 bits per heavy atom. The number of fused-ring (bicyclic) bond motifs is 3. The van der Waals surface area contributed by atoms with Gasteiger partial charge in [-0.3, -0.25) is 0 Å². The van der Waals surface area contributed by atoms with Crippen LogP contribution in [-0.4, -0.2) is 31.0 Å². The van der Waals surface area contributed by atoms with Gasteiger partial charge < -0.3 is 4.74 Å². The molecule has 0 amide bonds. The summed E-state index contributed by atoms with van der Waals surface area (Å²) >= 11 is 0. The second kappa shape index (κ2) is 7.03. The molecule has 2 aliphatic rings. The van der Waals surface area contributed by atoms with Crippen LogP contribution >= 0.6 is 0 Å². The number of nitrogens with zero attached hydrogens (tertiary/aromatic N) is 1. The molecule has 0 saturated carbocycles. The molecule has 1 aliphatic carbocycles. The Bertz CT molecular complexity index is 907. The van der Waals surface area contributed by atoms with Crippen LogP contribution in [0.2, 0.25) is 0 Å². The Morgan fingerprint density at radius 3 is 2.65 bits per heavy atom. The SMILES string of the molecule is CCc1ccc2c(c1)-c1ccc(OC3CCS(=O)(=O)CC3)nc1CCC2. The van der Waals surface area contributed by atoms with E-state index in [0.29, 0.717) is 18.7 Å². The molecular weight excluding hydrogens is 346 g/mol. The molecule has 0 unspecified atom stereocenters. The monoisotopic (exact) mass is 371 g/mol. The molecule has 1 saturated heterocycles. The number of sulfone groups is 1. The van der Waals surface area contributed by atoms with Crippen LogP contribution in [0.15, 0.2) is 30.3 Å². The van der Waals surface area contributed by atoms with Crippen molar-refractivity contribution in [1.82, 2.24) is 4.98 Å². The maximum Gasteiger partial charge on any atom is 0.213 e. The van der Waals surface area contributed by atoms with Crippen LogP contribution in [0.5, 0.6) is 5.88 Å². The number of pyridine rings is 1. The van der Waals surface area contributed by atoms with Crippen LogP contribution in [0.25, 0.3) is 11.1 Å². The van der Waals surface area contributed by atoms with Crippen LogP contribution in [0.1, 0.15) is 43.0 Å². The van der Waals surface area contributed by atoms with Gasteiger partial charge in [0.25, 0.3) is 0 Å². The molecule has 0 radical (unpaired) electrons. The van der Waals surface area contributed by atoms with Gasteiger partial charge in [0.05, 0.1) is 17.2 Å². The summed E-state index contributed by atoms with van der Waals surface area (Å²) in [4.78, 5) is 4.79. The quantitative estimate of drug-likeness (QED) is 0.824. The highest BCUT2D eigenvalue weighted by Crippen LogP contribution is 2.34. The summed E-state index contributed by atoms with van der Waals surface area (Å²) < 4.78 is 29.2. The van der Waals surface area contributed by atoms with E-state index in [4.69, 9.17) is 9.72 Å². The van der Waals surface area contributed by atoms with Crippen molar-refractivity contribution >= 4 is 9.84 Å². The average molecular weight is 372 g/mol. The molecular formula is C21H25NO3S. The fourth-order valence-electron chi connectivity index (χ4n) is 3.90. The smallest absolute Gasteiger partial charge is 0.213 e. The molecule has 2 heterocycles. The van der Waals surface area contributed by atoms with Gasteiger partial charge in [-0.2, -0.15) is 0 Å². The molecule has 1 fully saturated rings. The van der Waals surface area contributed by atoms with Crippen molar-refractivity contribution in [1.29, 1.82) is 0 Å². The summed E-state index contributed by atoms with van der Waals surface area (Å²) in [6, 6.07) is 10.9. The number of rotatable bonds is 3. The van der Waals surface area contributed by atoms with Crippen molar-refractivity contribution in [2.75, 3.05) is 11.5 Å². The summed E-state index contributed by atoms with van der Waals surface area (Å²) in [5, 5.41) is 0. The molecule has 0 bridgehead atoms. The van der Waals surface area contributed by atoms with Crippen LogP contribution in [-0.2, 0) is 29.1 Å². The minimum Gasteiger partial charge on any atom is -0.474 e. The van der Waals surface area contributed by atoms with E-state index >= 15 is 0 Å². The first-order chi connectivity index (χ1) is 12.5. The molecule has 2 aromatic rings. The first-order valence-electron chi connectivity index (χ1n) is 9.53. The zero-order valence-corrected chi connectivity index (χ0v) is 16.0. The van der Waals surface area contributed by atoms with E-state index in [0.717, 1.165) is 31.4 Å². The van der Waals surface area contributed by atoms with Crippen molar-refractivity contribution in [3.8, 4) is 17.0 Å². The van der Waals surface area contributed by atoms with E-state index in [1.165, 1.54) is 22.3 Å². The normalized spacial score (nSPS) is 19.3. The van der Waals surface area contributed by atoms with E-state index in [2.05, 4.69) is 31.2 Å². The zero-order chi connectivity index (χ0) is 18.1. The molecule has 1 aromatic heterocycles. The summed E-state index contributed by atoms with van der Waals surface area (Å²) in [6.45, 7) is 2.18. The highest BCUT2D eigenvalue weighted by atomic mass is 32.2. The Kier molecular flexibility index (Phi) is 4.74. The van der Waals surface area contributed by atoms with Gasteiger partial charge in [-0.25, -0.2) is 13.4 Å². The van der Waals surface area contributed by atoms with Crippen molar-refractivity contribution in [2.45, 2.75) is 51.6 Å². The lowest BCUT2D eigenvalue weighted by Gasteiger charge is -2.23. The molecule has 4 nitrogen and oxygen atoms in total. The lowest BCUT2D eigenvalue weighted by atomic mass is 9.96. The van der Waals surface area contributed by atoms with Gasteiger partial charge in [-0.05, 0) is 61.3 Å².